The number of hydrogen-bond acceptors (Lipinski definition) is 2. The first kappa shape index (κ1) is 18.3. The van der Waals surface area contributed by atoms with Gasteiger partial charge in [0.15, 0.2) is 0 Å². The maximum absolute atomic E-state index is 14.1. The number of H-pyrrole nitrogens is 1. The van der Waals surface area contributed by atoms with Gasteiger partial charge in [-0.25, -0.2) is 4.39 Å². The zero-order valence-electron chi connectivity index (χ0n) is 14.8. The second-order valence-electron chi connectivity index (χ2n) is 6.94. The molecule has 0 aliphatic heterocycles. The Labute approximate surface area is 155 Å². The van der Waals surface area contributed by atoms with E-state index in [0.717, 1.165) is 40.6 Å². The van der Waals surface area contributed by atoms with Gasteiger partial charge < -0.3 is 4.98 Å². The van der Waals surface area contributed by atoms with Crippen molar-refractivity contribution in [3.8, 4) is 0 Å². The molecule has 1 aliphatic carbocycles. The van der Waals surface area contributed by atoms with Crippen LogP contribution in [0.5, 0.6) is 0 Å². The summed E-state index contributed by atoms with van der Waals surface area (Å²) in [6.45, 7) is 5.53. The largest absolute Gasteiger partial charge is 0.358 e. The molecule has 1 aliphatic rings. The summed E-state index contributed by atoms with van der Waals surface area (Å²) in [5, 5.41) is 0.908. The van der Waals surface area contributed by atoms with Gasteiger partial charge in [0.2, 0.25) is 0 Å². The Kier molecular flexibility index (Phi) is 5.14. The first-order valence-corrected chi connectivity index (χ1v) is 9.71. The second-order valence-corrected chi connectivity index (χ2v) is 7.73. The minimum atomic E-state index is -0.504. The first-order valence-electron chi connectivity index (χ1n) is 8.92. The van der Waals surface area contributed by atoms with Crippen LogP contribution < -0.4 is 0 Å². The van der Waals surface area contributed by atoms with Crippen LogP contribution in [0, 0.1) is 24.6 Å². The summed E-state index contributed by atoms with van der Waals surface area (Å²) in [6.07, 6.45) is 2.99. The molecule has 134 valence electrons. The normalized spacial score (nSPS) is 17.1. The zero-order valence-corrected chi connectivity index (χ0v) is 16.4. The molecule has 1 aromatic carbocycles. The average molecular weight is 408 g/mol. The van der Waals surface area contributed by atoms with E-state index < -0.39 is 5.92 Å². The number of fused-ring (bicyclic) bond motifs is 3. The summed E-state index contributed by atoms with van der Waals surface area (Å²) in [4.78, 5) is 28.2. The lowest BCUT2D eigenvalue weighted by Crippen LogP contribution is -2.34. The molecule has 0 bridgehead atoms. The average Bonchev–Trinajstić information content (AvgIpc) is 2.99. The maximum atomic E-state index is 14.1. The number of ketones is 2. The Morgan fingerprint density at radius 3 is 2.56 bits per heavy atom. The lowest BCUT2D eigenvalue weighted by atomic mass is 9.74. The number of carbonyl (C=O) groups is 2. The van der Waals surface area contributed by atoms with Gasteiger partial charge in [0.05, 0.1) is 15.9 Å². The third-order valence-electron chi connectivity index (χ3n) is 5.45. The number of carbonyl (C=O) groups excluding carboxylic acids is 2. The topological polar surface area (TPSA) is 49.9 Å². The van der Waals surface area contributed by atoms with E-state index in [1.807, 2.05) is 20.8 Å². The first-order chi connectivity index (χ1) is 11.9. The Balaban J connectivity index is 2.03. The predicted molar refractivity (Wildman–Crippen MR) is 100 cm³/mol. The molecule has 1 heterocycles. The zero-order chi connectivity index (χ0) is 18.3. The van der Waals surface area contributed by atoms with E-state index in [1.165, 1.54) is 6.07 Å². The van der Waals surface area contributed by atoms with Crippen LogP contribution in [0.25, 0.3) is 10.9 Å². The number of Topliss-reactive ketones (excluding diaryl/α,β-unsaturated/α-hetero) is 2. The molecule has 0 saturated carbocycles. The molecule has 0 spiro atoms. The van der Waals surface area contributed by atoms with Gasteiger partial charge in [0, 0.05) is 23.9 Å². The quantitative estimate of drug-likeness (QED) is 0.704. The van der Waals surface area contributed by atoms with E-state index in [0.29, 0.717) is 23.7 Å². The minimum absolute atomic E-state index is 0.0318. The van der Waals surface area contributed by atoms with Crippen LogP contribution >= 0.6 is 15.9 Å². The molecule has 3 nitrogen and oxygen atoms in total. The van der Waals surface area contributed by atoms with Crippen LogP contribution in [0.4, 0.5) is 4.39 Å². The minimum Gasteiger partial charge on any atom is -0.358 e. The van der Waals surface area contributed by atoms with E-state index in [-0.39, 0.29) is 23.3 Å². The van der Waals surface area contributed by atoms with Crippen molar-refractivity contribution < 1.29 is 14.0 Å². The van der Waals surface area contributed by atoms with E-state index in [9.17, 15) is 14.0 Å². The van der Waals surface area contributed by atoms with Crippen molar-refractivity contribution in [3.05, 3.63) is 33.2 Å². The summed E-state index contributed by atoms with van der Waals surface area (Å²) >= 11 is 3.38. The summed E-state index contributed by atoms with van der Waals surface area (Å²) in [6, 6.07) is 1.52. The third kappa shape index (κ3) is 3.07. The van der Waals surface area contributed by atoms with Crippen molar-refractivity contribution in [3.63, 3.8) is 0 Å². The lowest BCUT2D eigenvalue weighted by molar-refractivity contribution is -0.135. The van der Waals surface area contributed by atoms with Gasteiger partial charge in [0.1, 0.15) is 17.4 Å². The van der Waals surface area contributed by atoms with Gasteiger partial charge in [-0.05, 0) is 65.2 Å². The maximum Gasteiger partial charge on any atom is 0.143 e. The van der Waals surface area contributed by atoms with Crippen molar-refractivity contribution in [2.75, 3.05) is 0 Å². The fourth-order valence-corrected chi connectivity index (χ4v) is 4.70. The Morgan fingerprint density at radius 1 is 1.32 bits per heavy atom. The monoisotopic (exact) mass is 407 g/mol. The van der Waals surface area contributed by atoms with Crippen LogP contribution in [-0.4, -0.2) is 16.6 Å². The number of aromatic amines is 1. The third-order valence-corrected chi connectivity index (χ3v) is 6.23. The van der Waals surface area contributed by atoms with Gasteiger partial charge >= 0.3 is 0 Å². The molecule has 0 radical (unpaired) electrons. The van der Waals surface area contributed by atoms with Crippen molar-refractivity contribution in [1.82, 2.24) is 4.98 Å². The highest BCUT2D eigenvalue weighted by Crippen LogP contribution is 2.40. The number of aromatic nitrogens is 1. The van der Waals surface area contributed by atoms with E-state index in [1.54, 1.807) is 0 Å². The van der Waals surface area contributed by atoms with Gasteiger partial charge in [-0.2, -0.15) is 0 Å². The Bertz CT molecular complexity index is 839. The molecule has 1 aromatic heterocycles. The molecule has 2 aromatic rings. The molecule has 25 heavy (non-hydrogen) atoms. The van der Waals surface area contributed by atoms with Gasteiger partial charge in [-0.15, -0.1) is 0 Å². The Morgan fingerprint density at radius 2 is 1.96 bits per heavy atom. The van der Waals surface area contributed by atoms with Crippen LogP contribution in [0.15, 0.2) is 10.5 Å². The molecular formula is C20H23BrFNO2. The van der Waals surface area contributed by atoms with Gasteiger partial charge in [0.25, 0.3) is 0 Å². The molecule has 5 heteroatoms. The van der Waals surface area contributed by atoms with Crippen LogP contribution in [-0.2, 0) is 22.4 Å². The highest BCUT2D eigenvalue weighted by molar-refractivity contribution is 9.10. The molecule has 3 rings (SSSR count). The molecule has 0 amide bonds. The van der Waals surface area contributed by atoms with E-state index in [4.69, 9.17) is 0 Å². The van der Waals surface area contributed by atoms with Gasteiger partial charge in [-0.3, -0.25) is 9.59 Å². The van der Waals surface area contributed by atoms with Crippen LogP contribution in [0.2, 0.25) is 0 Å². The van der Waals surface area contributed by atoms with Crippen LogP contribution in [0.1, 0.15) is 49.9 Å². The van der Waals surface area contributed by atoms with E-state index >= 15 is 0 Å². The summed E-state index contributed by atoms with van der Waals surface area (Å²) in [7, 11) is 0. The molecule has 1 N–H and O–H groups in total. The Hall–Kier alpha value is -1.49. The number of nitrogens with one attached hydrogen (secondary N) is 1. The van der Waals surface area contributed by atoms with Crippen molar-refractivity contribution in [2.45, 2.75) is 52.9 Å². The smallest absolute Gasteiger partial charge is 0.143 e. The number of hydrogen-bond donors (Lipinski definition) is 1. The standard InChI is InChI=1S/C20H23BrFNO2/c1-4-15(24)17(16(25)5-2)11-6-7-12-14(9-11)23-20-10(3)8-13(22)19(21)18(12)20/h8,11,17,23H,4-7,9H2,1-3H3. The number of aryl methyl sites for hydroxylation is 2. The molecule has 0 saturated heterocycles. The molecule has 1 atom stereocenters. The van der Waals surface area contributed by atoms with Crippen molar-refractivity contribution in [2.24, 2.45) is 11.8 Å². The number of benzene rings is 1. The second kappa shape index (κ2) is 7.02. The highest BCUT2D eigenvalue weighted by atomic mass is 79.9. The molecule has 0 fully saturated rings. The number of rotatable bonds is 5. The fourth-order valence-electron chi connectivity index (χ4n) is 4.15. The highest BCUT2D eigenvalue weighted by Gasteiger charge is 2.36. The van der Waals surface area contributed by atoms with Crippen LogP contribution in [0.3, 0.4) is 0 Å². The summed E-state index contributed by atoms with van der Waals surface area (Å²) < 4.78 is 14.6. The molecular weight excluding hydrogens is 385 g/mol. The fraction of sp³-hybridized carbons (Fsp3) is 0.500. The van der Waals surface area contributed by atoms with Crippen molar-refractivity contribution in [1.29, 1.82) is 0 Å². The lowest BCUT2D eigenvalue weighted by Gasteiger charge is -2.28. The number of halogens is 2. The van der Waals surface area contributed by atoms with E-state index in [2.05, 4.69) is 20.9 Å². The summed E-state index contributed by atoms with van der Waals surface area (Å²) in [5.41, 5.74) is 3.97. The predicted octanol–water partition coefficient (Wildman–Crippen LogP) is 5.06. The SMILES string of the molecule is CCC(=O)C(C(=O)CC)C1CCc2c([nH]c3c(C)cc(F)c(Br)c23)C1. The van der Waals surface area contributed by atoms with Gasteiger partial charge in [-0.1, -0.05) is 13.8 Å². The molecule has 1 unspecified atom stereocenters. The van der Waals surface area contributed by atoms with Crippen molar-refractivity contribution >= 4 is 38.4 Å². The summed E-state index contributed by atoms with van der Waals surface area (Å²) in [5.74, 6) is -0.644.